The van der Waals surface area contributed by atoms with Crippen molar-refractivity contribution in [3.8, 4) is 0 Å². The molecule has 0 N–H and O–H groups in total. The Morgan fingerprint density at radius 2 is 2.04 bits per heavy atom. The fourth-order valence-electron chi connectivity index (χ4n) is 3.33. The van der Waals surface area contributed by atoms with Gasteiger partial charge in [-0.1, -0.05) is 0 Å². The molecule has 1 saturated heterocycles. The molecule has 1 aliphatic heterocycles. The Kier molecular flexibility index (Phi) is 4.74. The van der Waals surface area contributed by atoms with Crippen molar-refractivity contribution in [2.75, 3.05) is 13.1 Å². The van der Waals surface area contributed by atoms with Crippen LogP contribution < -0.4 is 0 Å². The van der Waals surface area contributed by atoms with Crippen LogP contribution in [0.4, 0.5) is 0 Å². The largest absolute Gasteiger partial charge is 0.339 e. The average Bonchev–Trinajstić information content (AvgIpc) is 2.92. The molecule has 5 heteroatoms. The van der Waals surface area contributed by atoms with Crippen LogP contribution >= 0.6 is 0 Å². The van der Waals surface area contributed by atoms with Crippen LogP contribution in [0.3, 0.4) is 0 Å². The summed E-state index contributed by atoms with van der Waals surface area (Å²) in [5.74, 6) is 1.89. The van der Waals surface area contributed by atoms with Crippen LogP contribution in [-0.4, -0.2) is 38.4 Å². The molecule has 0 aromatic carbocycles. The molecule has 0 bridgehead atoms. The molecule has 0 aliphatic carbocycles. The Bertz CT molecular complexity index is 637. The van der Waals surface area contributed by atoms with E-state index in [1.807, 2.05) is 23.2 Å². The van der Waals surface area contributed by atoms with Gasteiger partial charge in [-0.2, -0.15) is 0 Å². The van der Waals surface area contributed by atoms with Crippen LogP contribution in [0.2, 0.25) is 0 Å². The first-order chi connectivity index (χ1) is 11.1. The summed E-state index contributed by atoms with van der Waals surface area (Å²) in [4.78, 5) is 22.8. The summed E-state index contributed by atoms with van der Waals surface area (Å²) in [5.41, 5.74) is 1.92. The fraction of sp³-hybridized carbons (Fsp3) is 0.500. The maximum absolute atomic E-state index is 12.4. The summed E-state index contributed by atoms with van der Waals surface area (Å²) < 4.78 is 2.28. The molecule has 1 aliphatic rings. The lowest BCUT2D eigenvalue weighted by molar-refractivity contribution is 0.0684. The number of imidazole rings is 1. The molecule has 0 saturated carbocycles. The van der Waals surface area contributed by atoms with E-state index in [9.17, 15) is 4.79 Å². The van der Waals surface area contributed by atoms with Crippen molar-refractivity contribution in [1.29, 1.82) is 0 Å². The van der Waals surface area contributed by atoms with E-state index >= 15 is 0 Å². The third kappa shape index (κ3) is 3.60. The molecule has 0 spiro atoms. The van der Waals surface area contributed by atoms with Gasteiger partial charge in [0, 0.05) is 43.9 Å². The Morgan fingerprint density at radius 1 is 1.26 bits per heavy atom. The van der Waals surface area contributed by atoms with Crippen molar-refractivity contribution in [3.05, 3.63) is 47.8 Å². The second kappa shape index (κ2) is 6.94. The molecule has 5 nitrogen and oxygen atoms in total. The van der Waals surface area contributed by atoms with Crippen LogP contribution in [0.15, 0.2) is 30.7 Å². The number of carbonyl (C=O) groups excluding carboxylic acids is 1. The topological polar surface area (TPSA) is 51.0 Å². The van der Waals surface area contributed by atoms with Gasteiger partial charge in [0.1, 0.15) is 5.82 Å². The second-order valence-corrected chi connectivity index (χ2v) is 6.36. The molecular weight excluding hydrogens is 288 g/mol. The smallest absolute Gasteiger partial charge is 0.255 e. The van der Waals surface area contributed by atoms with Crippen molar-refractivity contribution >= 4 is 5.91 Å². The van der Waals surface area contributed by atoms with E-state index in [0.717, 1.165) is 44.7 Å². The zero-order valence-corrected chi connectivity index (χ0v) is 13.9. The van der Waals surface area contributed by atoms with Gasteiger partial charge in [-0.15, -0.1) is 0 Å². The quantitative estimate of drug-likeness (QED) is 0.872. The molecule has 0 atom stereocenters. The molecular formula is C18H24N4O. The third-order valence-corrected chi connectivity index (χ3v) is 4.83. The van der Waals surface area contributed by atoms with Crippen LogP contribution in [0, 0.1) is 19.8 Å². The zero-order valence-electron chi connectivity index (χ0n) is 13.9. The first-order valence-electron chi connectivity index (χ1n) is 8.33. The number of amides is 1. The van der Waals surface area contributed by atoms with Gasteiger partial charge in [-0.3, -0.25) is 9.78 Å². The Morgan fingerprint density at radius 3 is 2.65 bits per heavy atom. The van der Waals surface area contributed by atoms with Gasteiger partial charge in [0.25, 0.3) is 5.91 Å². The lowest BCUT2D eigenvalue weighted by Crippen LogP contribution is -2.38. The van der Waals surface area contributed by atoms with Gasteiger partial charge >= 0.3 is 0 Å². The van der Waals surface area contributed by atoms with Crippen LogP contribution in [0.1, 0.15) is 41.1 Å². The van der Waals surface area contributed by atoms with Crippen LogP contribution in [0.5, 0.6) is 0 Å². The maximum atomic E-state index is 12.4. The molecule has 122 valence electrons. The fourth-order valence-corrected chi connectivity index (χ4v) is 3.33. The summed E-state index contributed by atoms with van der Waals surface area (Å²) in [6.45, 7) is 6.89. The highest BCUT2D eigenvalue weighted by molar-refractivity contribution is 5.93. The van der Waals surface area contributed by atoms with Crippen molar-refractivity contribution in [3.63, 3.8) is 0 Å². The number of hydrogen-bond acceptors (Lipinski definition) is 3. The van der Waals surface area contributed by atoms with E-state index in [4.69, 9.17) is 0 Å². The molecule has 23 heavy (non-hydrogen) atoms. The van der Waals surface area contributed by atoms with Gasteiger partial charge in [-0.25, -0.2) is 4.98 Å². The summed E-state index contributed by atoms with van der Waals surface area (Å²) in [5, 5.41) is 0. The number of piperidine rings is 1. The maximum Gasteiger partial charge on any atom is 0.255 e. The van der Waals surface area contributed by atoms with E-state index < -0.39 is 0 Å². The minimum absolute atomic E-state index is 0.109. The standard InChI is InChI=1S/C18H24N4O/c1-14-12-20-15(2)22(14)11-7-16-5-9-21(10-6-16)18(23)17-4-3-8-19-13-17/h3-4,8,12-13,16H,5-7,9-11H2,1-2H3. The highest BCUT2D eigenvalue weighted by atomic mass is 16.2. The highest BCUT2D eigenvalue weighted by Crippen LogP contribution is 2.23. The lowest BCUT2D eigenvalue weighted by Gasteiger charge is -2.32. The molecule has 3 rings (SSSR count). The second-order valence-electron chi connectivity index (χ2n) is 6.36. The van der Waals surface area contributed by atoms with E-state index in [2.05, 4.69) is 28.4 Å². The van der Waals surface area contributed by atoms with Crippen molar-refractivity contribution in [2.45, 2.75) is 39.7 Å². The first kappa shape index (κ1) is 15.7. The Labute approximate surface area is 137 Å². The highest BCUT2D eigenvalue weighted by Gasteiger charge is 2.23. The van der Waals surface area contributed by atoms with Gasteiger partial charge < -0.3 is 9.47 Å². The Hall–Kier alpha value is -2.17. The number of aryl methyl sites for hydroxylation is 2. The van der Waals surface area contributed by atoms with Gasteiger partial charge in [-0.05, 0) is 51.2 Å². The number of pyridine rings is 1. The van der Waals surface area contributed by atoms with Gasteiger partial charge in [0.2, 0.25) is 0 Å². The van der Waals surface area contributed by atoms with Crippen molar-refractivity contribution in [1.82, 2.24) is 19.4 Å². The molecule has 2 aromatic rings. The number of nitrogens with zero attached hydrogens (tertiary/aromatic N) is 4. The SMILES string of the molecule is Cc1cnc(C)n1CCC1CCN(C(=O)c2cccnc2)CC1. The number of likely N-dealkylation sites (tertiary alicyclic amines) is 1. The molecule has 0 radical (unpaired) electrons. The van der Waals surface area contributed by atoms with Gasteiger partial charge in [0.15, 0.2) is 0 Å². The molecule has 2 aromatic heterocycles. The monoisotopic (exact) mass is 312 g/mol. The average molecular weight is 312 g/mol. The number of hydrogen-bond donors (Lipinski definition) is 0. The minimum Gasteiger partial charge on any atom is -0.339 e. The summed E-state index contributed by atoms with van der Waals surface area (Å²) in [6, 6.07) is 3.65. The predicted molar refractivity (Wildman–Crippen MR) is 89.2 cm³/mol. The van der Waals surface area contributed by atoms with E-state index in [-0.39, 0.29) is 5.91 Å². The van der Waals surface area contributed by atoms with Crippen molar-refractivity contribution in [2.24, 2.45) is 5.92 Å². The third-order valence-electron chi connectivity index (χ3n) is 4.83. The van der Waals surface area contributed by atoms with Gasteiger partial charge in [0.05, 0.1) is 5.56 Å². The summed E-state index contributed by atoms with van der Waals surface area (Å²) in [7, 11) is 0. The van der Waals surface area contributed by atoms with E-state index in [1.54, 1.807) is 12.4 Å². The predicted octanol–water partition coefficient (Wildman–Crippen LogP) is 2.84. The van der Waals surface area contributed by atoms with E-state index in [0.29, 0.717) is 11.5 Å². The molecule has 1 amide bonds. The number of rotatable bonds is 4. The summed E-state index contributed by atoms with van der Waals surface area (Å²) in [6.07, 6.45) is 8.61. The molecule has 1 fully saturated rings. The van der Waals surface area contributed by atoms with Crippen LogP contribution in [-0.2, 0) is 6.54 Å². The number of aromatic nitrogens is 3. The van der Waals surface area contributed by atoms with Crippen LogP contribution in [0.25, 0.3) is 0 Å². The minimum atomic E-state index is 0.109. The van der Waals surface area contributed by atoms with Crippen molar-refractivity contribution < 1.29 is 4.79 Å². The number of carbonyl (C=O) groups is 1. The summed E-state index contributed by atoms with van der Waals surface area (Å²) >= 11 is 0. The normalized spacial score (nSPS) is 15.8. The molecule has 3 heterocycles. The first-order valence-corrected chi connectivity index (χ1v) is 8.33. The molecule has 0 unspecified atom stereocenters. The zero-order chi connectivity index (χ0) is 16.2. The lowest BCUT2D eigenvalue weighted by atomic mass is 9.93. The Balaban J connectivity index is 1.50. The van der Waals surface area contributed by atoms with E-state index in [1.165, 1.54) is 5.69 Å².